The molecule has 1 aliphatic heterocycles. The van der Waals surface area contributed by atoms with E-state index in [-0.39, 0.29) is 18.9 Å². The highest BCUT2D eigenvalue weighted by Crippen LogP contribution is 2.32. The number of carbonyl (C=O) groups is 2. The Hall–Kier alpha value is -3.81. The molecule has 3 aromatic rings. The standard InChI is InChI=1S/C25H20F3NO4/c1-32-23(30)13-22-20-10-9-19(12-21(20)24(31)29-22)33-14-15-3-2-4-17(11-15)16-5-7-18(8-6-16)25(26,27)28/h2-12,22H,13-14H2,1H3,(H,29,31)/t22-/m1/s1. The Morgan fingerprint density at radius 1 is 1.00 bits per heavy atom. The summed E-state index contributed by atoms with van der Waals surface area (Å²) in [5.41, 5.74) is 2.71. The third-order valence-electron chi connectivity index (χ3n) is 5.43. The second-order valence-corrected chi connectivity index (χ2v) is 7.62. The summed E-state index contributed by atoms with van der Waals surface area (Å²) in [6, 6.07) is 17.0. The lowest BCUT2D eigenvalue weighted by molar-refractivity contribution is -0.141. The maximum Gasteiger partial charge on any atom is 0.416 e. The molecule has 0 bridgehead atoms. The van der Waals surface area contributed by atoms with Crippen LogP contribution in [0.5, 0.6) is 5.75 Å². The average Bonchev–Trinajstić information content (AvgIpc) is 3.11. The molecule has 0 fully saturated rings. The van der Waals surface area contributed by atoms with Gasteiger partial charge in [0.25, 0.3) is 5.91 Å². The highest BCUT2D eigenvalue weighted by Gasteiger charge is 2.31. The number of alkyl halides is 3. The molecule has 1 N–H and O–H groups in total. The first-order chi connectivity index (χ1) is 15.7. The monoisotopic (exact) mass is 455 g/mol. The number of esters is 1. The number of methoxy groups -OCH3 is 1. The van der Waals surface area contributed by atoms with E-state index in [0.29, 0.717) is 22.4 Å². The average molecular weight is 455 g/mol. The molecule has 0 unspecified atom stereocenters. The predicted octanol–water partition coefficient (Wildman–Crippen LogP) is 5.30. The number of hydrogen-bond donors (Lipinski definition) is 1. The first-order valence-electron chi connectivity index (χ1n) is 10.2. The lowest BCUT2D eigenvalue weighted by atomic mass is 10.0. The first kappa shape index (κ1) is 22.4. The maximum atomic E-state index is 12.8. The summed E-state index contributed by atoms with van der Waals surface area (Å²) >= 11 is 0. The van der Waals surface area contributed by atoms with Crippen molar-refractivity contribution in [3.63, 3.8) is 0 Å². The lowest BCUT2D eigenvalue weighted by Gasteiger charge is -2.11. The number of fused-ring (bicyclic) bond motifs is 1. The molecule has 170 valence electrons. The van der Waals surface area contributed by atoms with E-state index >= 15 is 0 Å². The summed E-state index contributed by atoms with van der Waals surface area (Å²) in [7, 11) is 1.30. The Kier molecular flexibility index (Phi) is 6.09. The second-order valence-electron chi connectivity index (χ2n) is 7.62. The van der Waals surface area contributed by atoms with Crippen molar-refractivity contribution < 1.29 is 32.2 Å². The fraction of sp³-hybridized carbons (Fsp3) is 0.200. The molecule has 33 heavy (non-hydrogen) atoms. The van der Waals surface area contributed by atoms with Crippen LogP contribution in [-0.2, 0) is 22.3 Å². The van der Waals surface area contributed by atoms with Crippen molar-refractivity contribution in [3.05, 3.63) is 89.0 Å². The highest BCUT2D eigenvalue weighted by molar-refractivity contribution is 6.00. The van der Waals surface area contributed by atoms with Crippen molar-refractivity contribution in [2.75, 3.05) is 7.11 Å². The molecule has 1 atom stereocenters. The smallest absolute Gasteiger partial charge is 0.416 e. The van der Waals surface area contributed by atoms with Gasteiger partial charge in [-0.05, 0) is 52.6 Å². The van der Waals surface area contributed by atoms with Gasteiger partial charge in [-0.3, -0.25) is 9.59 Å². The van der Waals surface area contributed by atoms with Crippen molar-refractivity contribution in [1.29, 1.82) is 0 Å². The quantitative estimate of drug-likeness (QED) is 0.513. The van der Waals surface area contributed by atoms with E-state index in [1.54, 1.807) is 24.3 Å². The van der Waals surface area contributed by atoms with Gasteiger partial charge < -0.3 is 14.8 Å². The first-order valence-corrected chi connectivity index (χ1v) is 10.2. The largest absolute Gasteiger partial charge is 0.489 e. The molecular weight excluding hydrogens is 435 g/mol. The molecule has 1 heterocycles. The molecule has 1 amide bonds. The molecule has 4 rings (SSSR count). The van der Waals surface area contributed by atoms with Crippen molar-refractivity contribution in [1.82, 2.24) is 5.32 Å². The third-order valence-corrected chi connectivity index (χ3v) is 5.43. The molecule has 0 aromatic heterocycles. The topological polar surface area (TPSA) is 64.6 Å². The van der Waals surface area contributed by atoms with Gasteiger partial charge in [-0.25, -0.2) is 0 Å². The SMILES string of the molecule is COC(=O)C[C@H]1NC(=O)c2cc(OCc3cccc(-c4ccc(C(F)(F)F)cc4)c3)ccc21. The zero-order valence-corrected chi connectivity index (χ0v) is 17.6. The van der Waals surface area contributed by atoms with E-state index in [4.69, 9.17) is 4.74 Å². The number of ether oxygens (including phenoxy) is 2. The molecule has 8 heteroatoms. The molecule has 1 aliphatic rings. The van der Waals surface area contributed by atoms with Gasteiger partial charge >= 0.3 is 12.1 Å². The summed E-state index contributed by atoms with van der Waals surface area (Å²) in [5, 5.41) is 2.76. The second kappa shape index (κ2) is 8.97. The van der Waals surface area contributed by atoms with Crippen LogP contribution in [0.1, 0.15) is 39.5 Å². The van der Waals surface area contributed by atoms with Crippen LogP contribution in [0.2, 0.25) is 0 Å². The Balaban J connectivity index is 1.46. The number of rotatable bonds is 6. The van der Waals surface area contributed by atoms with Gasteiger partial charge in [-0.15, -0.1) is 0 Å². The molecule has 3 aromatic carbocycles. The molecule has 0 aliphatic carbocycles. The Bertz CT molecular complexity index is 1190. The fourth-order valence-corrected chi connectivity index (χ4v) is 3.71. The number of benzene rings is 3. The van der Waals surface area contributed by atoms with Crippen LogP contribution in [0.25, 0.3) is 11.1 Å². The molecule has 0 spiro atoms. The van der Waals surface area contributed by atoms with Crippen LogP contribution >= 0.6 is 0 Å². The van der Waals surface area contributed by atoms with E-state index in [1.165, 1.54) is 19.2 Å². The summed E-state index contributed by atoms with van der Waals surface area (Å²) in [4.78, 5) is 23.8. The predicted molar refractivity (Wildman–Crippen MR) is 114 cm³/mol. The van der Waals surface area contributed by atoms with E-state index in [0.717, 1.165) is 23.3 Å². The van der Waals surface area contributed by atoms with Gasteiger partial charge in [0, 0.05) is 5.56 Å². The summed E-state index contributed by atoms with van der Waals surface area (Å²) < 4.78 is 48.9. The van der Waals surface area contributed by atoms with Crippen LogP contribution in [0.4, 0.5) is 13.2 Å². The molecular formula is C25H20F3NO4. The van der Waals surface area contributed by atoms with Crippen LogP contribution in [0, 0.1) is 0 Å². The minimum atomic E-state index is -4.37. The number of hydrogen-bond acceptors (Lipinski definition) is 4. The number of nitrogens with one attached hydrogen (secondary N) is 1. The Labute approximate surface area is 188 Å². The Morgan fingerprint density at radius 3 is 2.45 bits per heavy atom. The van der Waals surface area contributed by atoms with Crippen LogP contribution in [-0.4, -0.2) is 19.0 Å². The Morgan fingerprint density at radius 2 is 1.76 bits per heavy atom. The van der Waals surface area contributed by atoms with Crippen molar-refractivity contribution in [2.45, 2.75) is 25.2 Å². The number of carbonyl (C=O) groups excluding carboxylic acids is 2. The van der Waals surface area contributed by atoms with Gasteiger partial charge in [0.05, 0.1) is 25.1 Å². The molecule has 0 saturated carbocycles. The zero-order chi connectivity index (χ0) is 23.6. The lowest BCUT2D eigenvalue weighted by Crippen LogP contribution is -2.21. The van der Waals surface area contributed by atoms with E-state index in [1.807, 2.05) is 18.2 Å². The van der Waals surface area contributed by atoms with Crippen molar-refractivity contribution >= 4 is 11.9 Å². The van der Waals surface area contributed by atoms with Gasteiger partial charge in [0.15, 0.2) is 0 Å². The molecule has 0 saturated heterocycles. The number of amides is 1. The fourth-order valence-electron chi connectivity index (χ4n) is 3.71. The molecule has 5 nitrogen and oxygen atoms in total. The highest BCUT2D eigenvalue weighted by atomic mass is 19.4. The minimum Gasteiger partial charge on any atom is -0.489 e. The van der Waals surface area contributed by atoms with Crippen molar-refractivity contribution in [2.24, 2.45) is 0 Å². The van der Waals surface area contributed by atoms with Gasteiger partial charge in [0.1, 0.15) is 12.4 Å². The van der Waals surface area contributed by atoms with Crippen LogP contribution in [0.15, 0.2) is 66.7 Å². The van der Waals surface area contributed by atoms with E-state index < -0.39 is 23.8 Å². The minimum absolute atomic E-state index is 0.0478. The third kappa shape index (κ3) is 5.00. The molecule has 0 radical (unpaired) electrons. The van der Waals surface area contributed by atoms with Gasteiger partial charge in [-0.1, -0.05) is 36.4 Å². The van der Waals surface area contributed by atoms with Crippen molar-refractivity contribution in [3.8, 4) is 16.9 Å². The summed E-state index contributed by atoms with van der Waals surface area (Å²) in [6.07, 6.45) is -4.33. The summed E-state index contributed by atoms with van der Waals surface area (Å²) in [6.45, 7) is 0.209. The van der Waals surface area contributed by atoms with Gasteiger partial charge in [-0.2, -0.15) is 13.2 Å². The maximum absolute atomic E-state index is 12.8. The zero-order valence-electron chi connectivity index (χ0n) is 17.6. The van der Waals surface area contributed by atoms with Crippen LogP contribution < -0.4 is 10.1 Å². The van der Waals surface area contributed by atoms with E-state index in [2.05, 4.69) is 10.1 Å². The van der Waals surface area contributed by atoms with Gasteiger partial charge in [0.2, 0.25) is 0 Å². The summed E-state index contributed by atoms with van der Waals surface area (Å²) in [5.74, 6) is -0.211. The van der Waals surface area contributed by atoms with E-state index in [9.17, 15) is 22.8 Å². The van der Waals surface area contributed by atoms with Crippen LogP contribution in [0.3, 0.4) is 0 Å². The number of halogens is 3. The normalized spacial score (nSPS) is 15.0.